The number of nitrogens with zero attached hydrogens (tertiary/aromatic N) is 1. The van der Waals surface area contributed by atoms with E-state index in [1.54, 1.807) is 51.1 Å². The number of anilines is 1. The number of hydrogen-bond acceptors (Lipinski definition) is 6. The Labute approximate surface area is 228 Å². The van der Waals surface area contributed by atoms with Gasteiger partial charge in [-0.1, -0.05) is 41.9 Å². The molecule has 0 fully saturated rings. The fourth-order valence-corrected chi connectivity index (χ4v) is 6.12. The van der Waals surface area contributed by atoms with E-state index in [0.717, 1.165) is 18.5 Å². The molecular weight excluding hydrogens is 524 g/mol. The van der Waals surface area contributed by atoms with Crippen LogP contribution in [-0.2, 0) is 27.7 Å². The highest BCUT2D eigenvalue weighted by Gasteiger charge is 2.27. The Morgan fingerprint density at radius 2 is 1.82 bits per heavy atom. The molecule has 1 N–H and O–H groups in total. The number of carbonyl (C=O) groups excluding carboxylic acids is 1. The molecule has 7 nitrogen and oxygen atoms in total. The van der Waals surface area contributed by atoms with Crippen LogP contribution in [0.4, 0.5) is 5.69 Å². The SMILES string of the molecule is CCOC(=O)c1oc2ccc(S(=O)(=O)N(CC)c3ccc(Cl)cc3CNCCc3ccccc3)cc2c1C. The summed E-state index contributed by atoms with van der Waals surface area (Å²) in [5, 5.41) is 4.48. The second-order valence-electron chi connectivity index (χ2n) is 8.79. The van der Waals surface area contributed by atoms with Crippen LogP contribution in [-0.4, -0.2) is 34.1 Å². The first kappa shape index (κ1) is 27.7. The van der Waals surface area contributed by atoms with E-state index in [9.17, 15) is 13.2 Å². The highest BCUT2D eigenvalue weighted by Crippen LogP contribution is 2.33. The van der Waals surface area contributed by atoms with Crippen molar-refractivity contribution >= 4 is 44.3 Å². The quantitative estimate of drug-likeness (QED) is 0.177. The molecule has 0 aliphatic carbocycles. The zero-order chi connectivity index (χ0) is 27.3. The van der Waals surface area contributed by atoms with Gasteiger partial charge in [0.15, 0.2) is 0 Å². The minimum atomic E-state index is -3.94. The summed E-state index contributed by atoms with van der Waals surface area (Å²) in [4.78, 5) is 12.4. The molecule has 0 bridgehead atoms. The van der Waals surface area contributed by atoms with Crippen LogP contribution in [0.2, 0.25) is 5.02 Å². The summed E-state index contributed by atoms with van der Waals surface area (Å²) in [5.74, 6) is -0.503. The lowest BCUT2D eigenvalue weighted by Gasteiger charge is -2.26. The van der Waals surface area contributed by atoms with E-state index in [4.69, 9.17) is 20.8 Å². The van der Waals surface area contributed by atoms with Gasteiger partial charge < -0.3 is 14.5 Å². The first-order chi connectivity index (χ1) is 18.3. The molecular formula is C29H31ClN2O5S. The summed E-state index contributed by atoms with van der Waals surface area (Å²) < 4.78 is 39.8. The van der Waals surface area contributed by atoms with E-state index in [1.165, 1.54) is 15.9 Å². The number of furan rings is 1. The smallest absolute Gasteiger partial charge is 0.374 e. The maximum Gasteiger partial charge on any atom is 0.374 e. The van der Waals surface area contributed by atoms with Crippen molar-refractivity contribution in [3.8, 4) is 0 Å². The summed E-state index contributed by atoms with van der Waals surface area (Å²) in [6, 6.07) is 20.0. The predicted octanol–water partition coefficient (Wildman–Crippen LogP) is 6.12. The van der Waals surface area contributed by atoms with Crippen LogP contribution in [0.25, 0.3) is 11.0 Å². The van der Waals surface area contributed by atoms with E-state index in [1.807, 2.05) is 18.2 Å². The number of hydrogen-bond donors (Lipinski definition) is 1. The average Bonchev–Trinajstić information content (AvgIpc) is 3.24. The number of halogens is 1. The molecule has 1 aromatic heterocycles. The zero-order valence-electron chi connectivity index (χ0n) is 21.7. The van der Waals surface area contributed by atoms with E-state index in [0.29, 0.717) is 33.8 Å². The molecule has 38 heavy (non-hydrogen) atoms. The maximum atomic E-state index is 13.9. The number of carbonyl (C=O) groups is 1. The van der Waals surface area contributed by atoms with Gasteiger partial charge in [-0.15, -0.1) is 0 Å². The van der Waals surface area contributed by atoms with Gasteiger partial charge in [0.05, 0.1) is 17.2 Å². The van der Waals surface area contributed by atoms with Gasteiger partial charge in [0.25, 0.3) is 10.0 Å². The third-order valence-electron chi connectivity index (χ3n) is 6.30. The first-order valence-electron chi connectivity index (χ1n) is 12.5. The van der Waals surface area contributed by atoms with Gasteiger partial charge in [-0.25, -0.2) is 13.2 Å². The first-order valence-corrected chi connectivity index (χ1v) is 14.3. The van der Waals surface area contributed by atoms with Crippen LogP contribution in [0.5, 0.6) is 0 Å². The number of esters is 1. The van der Waals surface area contributed by atoms with Gasteiger partial charge in [0.1, 0.15) is 5.58 Å². The number of benzene rings is 3. The molecule has 0 atom stereocenters. The Kier molecular flexibility index (Phi) is 8.76. The number of fused-ring (bicyclic) bond motifs is 1. The van der Waals surface area contributed by atoms with Crippen LogP contribution in [0.1, 0.15) is 41.1 Å². The Balaban J connectivity index is 1.62. The van der Waals surface area contributed by atoms with Crippen molar-refractivity contribution in [3.05, 3.63) is 94.2 Å². The topological polar surface area (TPSA) is 88.8 Å². The molecule has 0 amide bonds. The minimum Gasteiger partial charge on any atom is -0.460 e. The normalized spacial score (nSPS) is 11.6. The monoisotopic (exact) mass is 554 g/mol. The minimum absolute atomic E-state index is 0.0744. The molecule has 0 saturated carbocycles. The molecule has 200 valence electrons. The van der Waals surface area contributed by atoms with Crippen LogP contribution in [0, 0.1) is 6.92 Å². The van der Waals surface area contributed by atoms with Gasteiger partial charge in [-0.2, -0.15) is 0 Å². The van der Waals surface area contributed by atoms with Crippen molar-refractivity contribution in [2.45, 2.75) is 38.6 Å². The fourth-order valence-electron chi connectivity index (χ4n) is 4.39. The summed E-state index contributed by atoms with van der Waals surface area (Å²) in [5.41, 5.74) is 3.51. The molecule has 1 heterocycles. The van der Waals surface area contributed by atoms with Crippen molar-refractivity contribution in [2.24, 2.45) is 0 Å². The lowest BCUT2D eigenvalue weighted by molar-refractivity contribution is 0.0491. The Hall–Kier alpha value is -3.33. The summed E-state index contributed by atoms with van der Waals surface area (Å²) in [6.45, 7) is 6.83. The second kappa shape index (κ2) is 12.0. The molecule has 0 unspecified atom stereocenters. The van der Waals surface area contributed by atoms with E-state index < -0.39 is 16.0 Å². The third kappa shape index (κ3) is 5.88. The summed E-state index contributed by atoms with van der Waals surface area (Å²) in [7, 11) is -3.94. The van der Waals surface area contributed by atoms with E-state index >= 15 is 0 Å². The lowest BCUT2D eigenvalue weighted by Crippen LogP contribution is -2.32. The van der Waals surface area contributed by atoms with Gasteiger partial charge in [-0.05, 0) is 81.3 Å². The standard InChI is InChI=1S/C29H31ClN2O5S/c1-4-32(26-13-11-23(30)17-22(26)19-31-16-15-21-9-7-6-8-10-21)38(34,35)24-12-14-27-25(18-24)20(3)28(37-27)29(33)36-5-2/h6-14,17-18,31H,4-5,15-16,19H2,1-3H3. The second-order valence-corrected chi connectivity index (χ2v) is 11.1. The van der Waals surface area contributed by atoms with Gasteiger partial charge in [0.2, 0.25) is 5.76 Å². The van der Waals surface area contributed by atoms with Crippen molar-refractivity contribution in [1.29, 1.82) is 0 Å². The van der Waals surface area contributed by atoms with E-state index in [2.05, 4.69) is 17.4 Å². The van der Waals surface area contributed by atoms with Crippen molar-refractivity contribution in [1.82, 2.24) is 5.32 Å². The van der Waals surface area contributed by atoms with E-state index in [-0.39, 0.29) is 23.8 Å². The predicted molar refractivity (Wildman–Crippen MR) is 150 cm³/mol. The third-order valence-corrected chi connectivity index (χ3v) is 8.42. The Bertz CT molecular complexity index is 1530. The number of nitrogens with one attached hydrogen (secondary N) is 1. The molecule has 4 rings (SSSR count). The number of ether oxygens (including phenoxy) is 1. The van der Waals surface area contributed by atoms with Gasteiger partial charge in [0, 0.05) is 29.1 Å². The maximum absolute atomic E-state index is 13.9. The fraction of sp³-hybridized carbons (Fsp3) is 0.276. The average molecular weight is 555 g/mol. The van der Waals surface area contributed by atoms with Gasteiger partial charge in [-0.3, -0.25) is 4.31 Å². The summed E-state index contributed by atoms with van der Waals surface area (Å²) >= 11 is 6.29. The van der Waals surface area contributed by atoms with Crippen LogP contribution < -0.4 is 9.62 Å². The molecule has 0 aliphatic heterocycles. The number of rotatable bonds is 11. The molecule has 3 aromatic carbocycles. The molecule has 0 radical (unpaired) electrons. The molecule has 9 heteroatoms. The van der Waals surface area contributed by atoms with Crippen molar-refractivity contribution in [2.75, 3.05) is 24.0 Å². The molecule has 0 aliphatic rings. The molecule has 4 aromatic rings. The Morgan fingerprint density at radius 3 is 2.53 bits per heavy atom. The molecule has 0 spiro atoms. The highest BCUT2D eigenvalue weighted by molar-refractivity contribution is 7.92. The molecule has 0 saturated heterocycles. The van der Waals surface area contributed by atoms with Crippen LogP contribution in [0.15, 0.2) is 76.0 Å². The highest BCUT2D eigenvalue weighted by atomic mass is 35.5. The van der Waals surface area contributed by atoms with Crippen LogP contribution in [0.3, 0.4) is 0 Å². The number of aryl methyl sites for hydroxylation is 1. The number of sulfonamides is 1. The Morgan fingerprint density at radius 1 is 1.05 bits per heavy atom. The van der Waals surface area contributed by atoms with Gasteiger partial charge >= 0.3 is 5.97 Å². The van der Waals surface area contributed by atoms with Crippen molar-refractivity contribution in [3.63, 3.8) is 0 Å². The zero-order valence-corrected chi connectivity index (χ0v) is 23.2. The largest absolute Gasteiger partial charge is 0.460 e. The van der Waals surface area contributed by atoms with Crippen LogP contribution >= 0.6 is 11.6 Å². The lowest BCUT2D eigenvalue weighted by atomic mass is 10.1. The summed E-state index contributed by atoms with van der Waals surface area (Å²) in [6.07, 6.45) is 0.852. The van der Waals surface area contributed by atoms with Crippen molar-refractivity contribution < 1.29 is 22.4 Å².